The zero-order valence-electron chi connectivity index (χ0n) is 11.5. The number of aliphatic hydroxyl groups excluding tert-OH is 1. The molecule has 0 saturated heterocycles. The molecule has 0 aliphatic rings. The van der Waals surface area contributed by atoms with Gasteiger partial charge in [0, 0.05) is 11.3 Å². The molecule has 1 rings (SSSR count). The van der Waals surface area contributed by atoms with E-state index in [1.807, 2.05) is 0 Å². The summed E-state index contributed by atoms with van der Waals surface area (Å²) < 4.78 is 65.3. The Morgan fingerprint density at radius 2 is 1.18 bits per heavy atom. The average molecular weight is 398 g/mol. The summed E-state index contributed by atoms with van der Waals surface area (Å²) >= 11 is -0.556. The van der Waals surface area contributed by atoms with Crippen molar-refractivity contribution in [2.75, 3.05) is 0 Å². The number of nitrogens with zero attached hydrogens (tertiary/aromatic N) is 1. The molecule has 0 aliphatic heterocycles. The molecule has 0 amide bonds. The second-order valence-electron chi connectivity index (χ2n) is 3.90. The predicted octanol–water partition coefficient (Wildman–Crippen LogP) is 5.70. The number of aliphatic imine (C=N–C) groups is 1. The van der Waals surface area contributed by atoms with E-state index in [1.54, 1.807) is 0 Å². The molecular weight excluding hydrogens is 388 g/mol. The van der Waals surface area contributed by atoms with E-state index in [-0.39, 0.29) is 17.0 Å². The van der Waals surface area contributed by atoms with Gasteiger partial charge in [-0.3, -0.25) is 0 Å². The molecule has 2 nitrogen and oxygen atoms in total. The van der Waals surface area contributed by atoms with Crippen LogP contribution in [0.4, 0.5) is 27.6 Å². The zero-order valence-corrected chi connectivity index (χ0v) is 14.6. The first kappa shape index (κ1) is 21.4. The fourth-order valence-electron chi connectivity index (χ4n) is 1.20. The van der Waals surface area contributed by atoms with Crippen LogP contribution in [-0.2, 0) is 17.0 Å². The molecule has 0 fully saturated rings. The van der Waals surface area contributed by atoms with Gasteiger partial charge >= 0.3 is 35.6 Å². The van der Waals surface area contributed by atoms with Crippen LogP contribution >= 0.6 is 18.6 Å². The molecule has 22 heavy (non-hydrogen) atoms. The van der Waals surface area contributed by atoms with E-state index in [1.165, 1.54) is 20.8 Å². The Morgan fingerprint density at radius 3 is 1.50 bits per heavy atom. The van der Waals surface area contributed by atoms with E-state index >= 15 is 0 Å². The van der Waals surface area contributed by atoms with Crippen molar-refractivity contribution in [1.82, 2.24) is 0 Å². The predicted molar refractivity (Wildman–Crippen MR) is 71.7 cm³/mol. The van der Waals surface area contributed by atoms with Crippen LogP contribution in [0.3, 0.4) is 0 Å². The van der Waals surface area contributed by atoms with Crippen molar-refractivity contribution in [3.8, 4) is 0 Å². The third-order valence-corrected chi connectivity index (χ3v) is 2.55. The Kier molecular flexibility index (Phi) is 9.23. The number of allylic oxidation sites excluding steroid dienone is 2. The van der Waals surface area contributed by atoms with Crippen molar-refractivity contribution in [2.24, 2.45) is 4.99 Å². The minimum absolute atomic E-state index is 0.0665. The molecule has 0 radical (unpaired) electrons. The molecule has 0 unspecified atom stereocenters. The first-order chi connectivity index (χ1) is 10.1. The molecule has 0 saturated carbocycles. The van der Waals surface area contributed by atoms with Gasteiger partial charge in [0.1, 0.15) is 5.69 Å². The first-order valence-corrected chi connectivity index (χ1v) is 9.79. The summed E-state index contributed by atoms with van der Waals surface area (Å²) in [5, 5.41) is 9.16. The zero-order chi connectivity index (χ0) is 17.6. The van der Waals surface area contributed by atoms with Gasteiger partial charge in [-0.15, -0.1) is 0 Å². The van der Waals surface area contributed by atoms with E-state index in [0.717, 1.165) is 0 Å². The standard InChI is InChI=1S/C12H10F5NO.2ClH.Ti/c1-4(6(3)19)5(2)18-12-10(16)8(14)7(13)9(15)11(12)17;;;/h19H,1-3H3;2*1H;/q;;;+2/p-2/b6-4-,18-5?;;;. The monoisotopic (exact) mass is 397 g/mol. The van der Waals surface area contributed by atoms with Gasteiger partial charge in [0.15, 0.2) is 23.3 Å². The third-order valence-electron chi connectivity index (χ3n) is 2.55. The number of hydrogen-bond donors (Lipinski definition) is 1. The number of hydrogen-bond acceptors (Lipinski definition) is 2. The van der Waals surface area contributed by atoms with Crippen molar-refractivity contribution >= 4 is 30.0 Å². The van der Waals surface area contributed by atoms with Crippen LogP contribution in [0, 0.1) is 29.1 Å². The van der Waals surface area contributed by atoms with E-state index in [0.29, 0.717) is 0 Å². The van der Waals surface area contributed by atoms with E-state index in [9.17, 15) is 22.0 Å². The summed E-state index contributed by atoms with van der Waals surface area (Å²) in [6.07, 6.45) is 0. The average Bonchev–Trinajstić information content (AvgIpc) is 2.47. The van der Waals surface area contributed by atoms with Crippen LogP contribution in [-0.4, -0.2) is 10.8 Å². The molecule has 0 bridgehead atoms. The van der Waals surface area contributed by atoms with Gasteiger partial charge in [-0.1, -0.05) is 0 Å². The maximum absolute atomic E-state index is 13.3. The molecule has 1 aromatic rings. The Balaban J connectivity index is 0.00000135. The molecule has 0 atom stereocenters. The van der Waals surface area contributed by atoms with Crippen molar-refractivity contribution < 1.29 is 44.1 Å². The Morgan fingerprint density at radius 1 is 0.864 bits per heavy atom. The Labute approximate surface area is 140 Å². The van der Waals surface area contributed by atoms with Crippen molar-refractivity contribution in [3.05, 3.63) is 40.4 Å². The summed E-state index contributed by atoms with van der Waals surface area (Å²) in [7, 11) is 9.78. The molecule has 1 aromatic carbocycles. The minimum atomic E-state index is -2.24. The summed E-state index contributed by atoms with van der Waals surface area (Å²) in [5.41, 5.74) is -1.18. The van der Waals surface area contributed by atoms with Gasteiger partial charge in [0.2, 0.25) is 5.82 Å². The summed E-state index contributed by atoms with van der Waals surface area (Å²) in [6, 6.07) is 0. The summed E-state index contributed by atoms with van der Waals surface area (Å²) in [4.78, 5) is 3.34. The maximum atomic E-state index is 13.3. The molecule has 0 aliphatic carbocycles. The van der Waals surface area contributed by atoms with Crippen molar-refractivity contribution in [1.29, 1.82) is 0 Å². The van der Waals surface area contributed by atoms with Crippen LogP contribution < -0.4 is 0 Å². The summed E-state index contributed by atoms with van der Waals surface area (Å²) in [6.45, 7) is 3.96. The van der Waals surface area contributed by atoms with Gasteiger partial charge in [0.25, 0.3) is 0 Å². The molecule has 0 aromatic heterocycles. The van der Waals surface area contributed by atoms with Crippen LogP contribution in [0.5, 0.6) is 0 Å². The fraction of sp³-hybridized carbons (Fsp3) is 0.250. The van der Waals surface area contributed by atoms with E-state index < -0.39 is 51.8 Å². The topological polar surface area (TPSA) is 32.6 Å². The molecule has 122 valence electrons. The Hall–Kier alpha value is -0.626. The molecule has 1 N–H and O–H groups in total. The van der Waals surface area contributed by atoms with Gasteiger partial charge in [-0.05, 0) is 20.8 Å². The SMILES string of the molecule is CC(=Nc1c(F)c(F)c(F)c(F)c1F)/C(C)=C(/C)O.[Cl][Ti][Cl]. The van der Waals surface area contributed by atoms with Crippen LogP contribution in [0.1, 0.15) is 20.8 Å². The molecule has 0 heterocycles. The van der Waals surface area contributed by atoms with Gasteiger partial charge in [0.05, 0.1) is 5.76 Å². The first-order valence-electron chi connectivity index (χ1n) is 5.49. The normalized spacial score (nSPS) is 12.4. The third kappa shape index (κ3) is 5.23. The van der Waals surface area contributed by atoms with Crippen LogP contribution in [0.15, 0.2) is 16.3 Å². The van der Waals surface area contributed by atoms with E-state index in [4.69, 9.17) is 23.7 Å². The second kappa shape index (κ2) is 9.50. The van der Waals surface area contributed by atoms with Gasteiger partial charge in [-0.2, -0.15) is 0 Å². The van der Waals surface area contributed by atoms with Crippen LogP contribution in [0.25, 0.3) is 0 Å². The van der Waals surface area contributed by atoms with Gasteiger partial charge in [-0.25, -0.2) is 26.9 Å². The quantitative estimate of drug-likeness (QED) is 0.170. The van der Waals surface area contributed by atoms with Gasteiger partial charge < -0.3 is 5.11 Å². The second-order valence-corrected chi connectivity index (χ2v) is 6.48. The van der Waals surface area contributed by atoms with Crippen molar-refractivity contribution in [2.45, 2.75) is 20.8 Å². The molecular formula is C12H10Cl2F5NOTi. The fourth-order valence-corrected chi connectivity index (χ4v) is 1.20. The van der Waals surface area contributed by atoms with Crippen molar-refractivity contribution in [3.63, 3.8) is 0 Å². The Bertz CT molecular complexity index is 589. The van der Waals surface area contributed by atoms with Crippen LogP contribution in [0.2, 0.25) is 0 Å². The van der Waals surface area contributed by atoms with E-state index in [2.05, 4.69) is 4.99 Å². The molecule has 0 spiro atoms. The number of aliphatic hydroxyl groups is 1. The number of rotatable bonds is 2. The number of halogens is 7. The number of benzene rings is 1. The molecule has 10 heteroatoms. The summed E-state index contributed by atoms with van der Waals surface area (Å²) in [5.74, 6) is -10.6.